The summed E-state index contributed by atoms with van der Waals surface area (Å²) in [5.74, 6) is -0.392. The number of nitrogens with zero attached hydrogens (tertiary/aromatic N) is 4. The Kier molecular flexibility index (Phi) is 5.86. The number of aromatic nitrogens is 1. The topological polar surface area (TPSA) is 99.3 Å². The zero-order chi connectivity index (χ0) is 19.1. The molecule has 0 aliphatic rings. The Hall–Kier alpha value is -3.58. The Labute approximate surface area is 160 Å². The van der Waals surface area contributed by atoms with Gasteiger partial charge < -0.3 is 5.11 Å². The molecule has 2 aromatic carbocycles. The summed E-state index contributed by atoms with van der Waals surface area (Å²) in [5, 5.41) is 22.5. The average molecular weight is 380 g/mol. The van der Waals surface area contributed by atoms with Crippen LogP contribution < -0.4 is 5.43 Å². The molecule has 2 N–H and O–H groups in total. The van der Waals surface area contributed by atoms with E-state index < -0.39 is 0 Å². The lowest BCUT2D eigenvalue weighted by Crippen LogP contribution is -2.17. The Bertz CT molecular complexity index is 1010. The quantitative estimate of drug-likeness (QED) is 0.384. The summed E-state index contributed by atoms with van der Waals surface area (Å²) in [4.78, 5) is 15.8. The first-order valence-corrected chi connectivity index (χ1v) is 8.24. The fraction of sp³-hybridized carbons (Fsp3) is 0. The molecule has 27 heavy (non-hydrogen) atoms. The highest BCUT2D eigenvalue weighted by atomic mass is 35.5. The van der Waals surface area contributed by atoms with E-state index in [2.05, 4.69) is 25.7 Å². The van der Waals surface area contributed by atoms with Gasteiger partial charge in [-0.2, -0.15) is 10.2 Å². The molecule has 7 nitrogen and oxygen atoms in total. The lowest BCUT2D eigenvalue weighted by molar-refractivity contribution is 0.0955. The number of phenols is 1. The van der Waals surface area contributed by atoms with Crippen molar-refractivity contribution in [2.45, 2.75) is 0 Å². The van der Waals surface area contributed by atoms with E-state index in [1.165, 1.54) is 24.7 Å². The maximum Gasteiger partial charge on any atom is 0.271 e. The largest absolute Gasteiger partial charge is 0.507 e. The molecule has 0 saturated heterocycles. The lowest BCUT2D eigenvalue weighted by atomic mass is 10.2. The molecule has 0 aliphatic heterocycles. The Morgan fingerprint density at radius 3 is 2.63 bits per heavy atom. The molecule has 3 aromatic rings. The number of amides is 1. The Morgan fingerprint density at radius 2 is 1.85 bits per heavy atom. The minimum atomic E-state index is -0.386. The number of benzene rings is 2. The first-order valence-electron chi connectivity index (χ1n) is 7.86. The maximum atomic E-state index is 11.9. The van der Waals surface area contributed by atoms with Gasteiger partial charge in [0.1, 0.15) is 11.4 Å². The minimum absolute atomic E-state index is 0.00592. The van der Waals surface area contributed by atoms with E-state index in [1.54, 1.807) is 48.5 Å². The number of hydrazone groups is 1. The van der Waals surface area contributed by atoms with Crippen molar-refractivity contribution in [2.75, 3.05) is 0 Å². The molecular weight excluding hydrogens is 366 g/mol. The van der Waals surface area contributed by atoms with Gasteiger partial charge in [0.2, 0.25) is 0 Å². The van der Waals surface area contributed by atoms with Gasteiger partial charge in [-0.05, 0) is 42.5 Å². The minimum Gasteiger partial charge on any atom is -0.507 e. The summed E-state index contributed by atoms with van der Waals surface area (Å²) in [6, 6.07) is 14.8. The number of hydrogen-bond donors (Lipinski definition) is 2. The second-order valence-electron chi connectivity index (χ2n) is 5.33. The predicted octanol–water partition coefficient (Wildman–Crippen LogP) is 4.62. The van der Waals surface area contributed by atoms with Gasteiger partial charge in [-0.15, -0.1) is 5.11 Å². The van der Waals surface area contributed by atoms with Crippen LogP contribution in [0.5, 0.6) is 5.75 Å². The van der Waals surface area contributed by atoms with Gasteiger partial charge in [-0.25, -0.2) is 5.43 Å². The molecule has 0 saturated carbocycles. The number of phenolic OH excluding ortho intramolecular Hbond substituents is 1. The van der Waals surface area contributed by atoms with E-state index in [1.807, 2.05) is 0 Å². The van der Waals surface area contributed by atoms with Gasteiger partial charge in [-0.1, -0.05) is 23.7 Å². The van der Waals surface area contributed by atoms with Crippen LogP contribution in [0.2, 0.25) is 5.02 Å². The summed E-state index contributed by atoms with van der Waals surface area (Å²) in [6.07, 6.45) is 4.35. The normalized spacial score (nSPS) is 11.1. The maximum absolute atomic E-state index is 11.9. The molecule has 3 rings (SSSR count). The smallest absolute Gasteiger partial charge is 0.271 e. The summed E-state index contributed by atoms with van der Waals surface area (Å²) in [7, 11) is 0. The Morgan fingerprint density at radius 1 is 1.07 bits per heavy atom. The molecule has 0 fully saturated rings. The standard InChI is InChI=1S/C19H14ClN5O2/c20-16-3-1-2-4-17(16)24-23-15-5-6-18(26)14(11-15)12-22-25-19(27)13-7-9-21-10-8-13/h1-12,26H,(H,25,27). The van der Waals surface area contributed by atoms with Crippen LogP contribution in [0.1, 0.15) is 15.9 Å². The fourth-order valence-electron chi connectivity index (χ4n) is 2.08. The van der Waals surface area contributed by atoms with Crippen molar-refractivity contribution in [3.05, 3.63) is 83.1 Å². The van der Waals surface area contributed by atoms with Crippen molar-refractivity contribution in [2.24, 2.45) is 15.3 Å². The van der Waals surface area contributed by atoms with Gasteiger partial charge in [0.25, 0.3) is 5.91 Å². The third-order valence-electron chi connectivity index (χ3n) is 3.45. The molecule has 8 heteroatoms. The Balaban J connectivity index is 1.72. The van der Waals surface area contributed by atoms with Crippen molar-refractivity contribution >= 4 is 35.1 Å². The molecule has 1 heterocycles. The number of hydrogen-bond acceptors (Lipinski definition) is 6. The van der Waals surface area contributed by atoms with Crippen LogP contribution in [0.4, 0.5) is 11.4 Å². The van der Waals surface area contributed by atoms with Crippen LogP contribution >= 0.6 is 11.6 Å². The van der Waals surface area contributed by atoms with Crippen LogP contribution in [-0.2, 0) is 0 Å². The lowest BCUT2D eigenvalue weighted by Gasteiger charge is -2.01. The van der Waals surface area contributed by atoms with Gasteiger partial charge in [0, 0.05) is 23.5 Å². The second kappa shape index (κ2) is 8.68. The highest BCUT2D eigenvalue weighted by Crippen LogP contribution is 2.27. The number of carbonyl (C=O) groups excluding carboxylic acids is 1. The number of carbonyl (C=O) groups is 1. The first-order chi connectivity index (χ1) is 13.1. The highest BCUT2D eigenvalue weighted by Gasteiger charge is 2.04. The van der Waals surface area contributed by atoms with Gasteiger partial charge in [-0.3, -0.25) is 9.78 Å². The van der Waals surface area contributed by atoms with E-state index in [0.29, 0.717) is 27.5 Å². The molecular formula is C19H14ClN5O2. The zero-order valence-corrected chi connectivity index (χ0v) is 14.7. The van der Waals surface area contributed by atoms with Crippen LogP contribution in [0.3, 0.4) is 0 Å². The first kappa shape index (κ1) is 18.2. The molecule has 0 radical (unpaired) electrons. The summed E-state index contributed by atoms with van der Waals surface area (Å²) < 4.78 is 0. The number of rotatable bonds is 5. The molecule has 0 spiro atoms. The third kappa shape index (κ3) is 4.96. The van der Waals surface area contributed by atoms with Crippen molar-refractivity contribution in [3.63, 3.8) is 0 Å². The number of aromatic hydroxyl groups is 1. The van der Waals surface area contributed by atoms with E-state index in [0.717, 1.165) is 0 Å². The molecule has 0 atom stereocenters. The van der Waals surface area contributed by atoms with Crippen molar-refractivity contribution in [1.29, 1.82) is 0 Å². The van der Waals surface area contributed by atoms with E-state index in [9.17, 15) is 9.90 Å². The molecule has 0 unspecified atom stereocenters. The summed E-state index contributed by atoms with van der Waals surface area (Å²) in [5.41, 5.74) is 4.21. The van der Waals surface area contributed by atoms with E-state index in [4.69, 9.17) is 11.6 Å². The highest BCUT2D eigenvalue weighted by molar-refractivity contribution is 6.32. The SMILES string of the molecule is O=C(NN=Cc1cc(N=Nc2ccccc2Cl)ccc1O)c1ccncc1. The van der Waals surface area contributed by atoms with Crippen molar-refractivity contribution in [3.8, 4) is 5.75 Å². The predicted molar refractivity (Wildman–Crippen MR) is 103 cm³/mol. The molecule has 1 amide bonds. The zero-order valence-electron chi connectivity index (χ0n) is 14.0. The third-order valence-corrected chi connectivity index (χ3v) is 3.77. The van der Waals surface area contributed by atoms with Crippen LogP contribution in [0.15, 0.2) is 82.3 Å². The molecule has 0 aliphatic carbocycles. The van der Waals surface area contributed by atoms with Crippen LogP contribution in [-0.4, -0.2) is 22.2 Å². The summed E-state index contributed by atoms with van der Waals surface area (Å²) in [6.45, 7) is 0. The van der Waals surface area contributed by atoms with Gasteiger partial charge in [0.05, 0.1) is 16.9 Å². The fourth-order valence-corrected chi connectivity index (χ4v) is 2.25. The van der Waals surface area contributed by atoms with E-state index in [-0.39, 0.29) is 11.7 Å². The average Bonchev–Trinajstić information content (AvgIpc) is 2.70. The van der Waals surface area contributed by atoms with Crippen LogP contribution in [0, 0.1) is 0 Å². The number of azo groups is 1. The second-order valence-corrected chi connectivity index (χ2v) is 5.74. The number of nitrogens with one attached hydrogen (secondary N) is 1. The number of halogens is 1. The molecule has 1 aromatic heterocycles. The van der Waals surface area contributed by atoms with Crippen molar-refractivity contribution in [1.82, 2.24) is 10.4 Å². The van der Waals surface area contributed by atoms with E-state index >= 15 is 0 Å². The van der Waals surface area contributed by atoms with Crippen LogP contribution in [0.25, 0.3) is 0 Å². The van der Waals surface area contributed by atoms with Gasteiger partial charge in [0.15, 0.2) is 0 Å². The monoisotopic (exact) mass is 379 g/mol. The molecule has 134 valence electrons. The molecule has 0 bridgehead atoms. The van der Waals surface area contributed by atoms with Crippen molar-refractivity contribution < 1.29 is 9.90 Å². The van der Waals surface area contributed by atoms with Gasteiger partial charge >= 0.3 is 0 Å². The summed E-state index contributed by atoms with van der Waals surface area (Å²) >= 11 is 6.04. The number of pyridine rings is 1.